The van der Waals surface area contributed by atoms with Crippen molar-refractivity contribution in [3.8, 4) is 5.75 Å². The van der Waals surface area contributed by atoms with Crippen LogP contribution in [0.4, 0.5) is 0 Å². The Balaban J connectivity index is 2.71. The number of para-hydroxylation sites is 1. The molecule has 1 aromatic rings. The molecule has 0 saturated carbocycles. The van der Waals surface area contributed by atoms with E-state index in [2.05, 4.69) is 20.3 Å². The summed E-state index contributed by atoms with van der Waals surface area (Å²) in [7, 11) is -3.18. The summed E-state index contributed by atoms with van der Waals surface area (Å²) in [6.07, 6.45) is 1.14. The van der Waals surface area contributed by atoms with E-state index < -0.39 is 10.0 Å². The molecule has 0 bridgehead atoms. The average molecular weight is 371 g/mol. The van der Waals surface area contributed by atoms with E-state index in [4.69, 9.17) is 4.74 Å². The maximum absolute atomic E-state index is 11.1. The van der Waals surface area contributed by atoms with E-state index in [9.17, 15) is 8.42 Å². The largest absolute Gasteiger partial charge is 0.488 e. The highest BCUT2D eigenvalue weighted by molar-refractivity contribution is 7.88. The van der Waals surface area contributed by atoms with Crippen LogP contribution >= 0.6 is 0 Å². The number of ether oxygens (including phenoxy) is 1. The minimum Gasteiger partial charge on any atom is -0.488 e. The Kier molecular flexibility index (Phi) is 8.18. The van der Waals surface area contributed by atoms with Gasteiger partial charge < -0.3 is 15.4 Å². The summed E-state index contributed by atoms with van der Waals surface area (Å²) in [6.45, 7) is 9.91. The summed E-state index contributed by atoms with van der Waals surface area (Å²) >= 11 is 0. The minimum atomic E-state index is -3.18. The second-order valence-electron chi connectivity index (χ2n) is 6.61. The van der Waals surface area contributed by atoms with Crippen LogP contribution < -0.4 is 20.1 Å². The third-order valence-electron chi connectivity index (χ3n) is 2.92. The number of nitrogens with one attached hydrogen (secondary N) is 3. The lowest BCUT2D eigenvalue weighted by molar-refractivity contribution is 0.129. The van der Waals surface area contributed by atoms with Crippen LogP contribution in [0.1, 0.15) is 33.3 Å². The predicted octanol–water partition coefficient (Wildman–Crippen LogP) is 1.47. The van der Waals surface area contributed by atoms with Gasteiger partial charge in [-0.25, -0.2) is 18.1 Å². The number of benzene rings is 1. The van der Waals surface area contributed by atoms with Gasteiger partial charge in [0.1, 0.15) is 11.4 Å². The molecule has 1 rings (SSSR count). The summed E-state index contributed by atoms with van der Waals surface area (Å²) in [6, 6.07) is 7.82. The Hall–Kier alpha value is -1.80. The number of hydrogen-bond donors (Lipinski definition) is 3. The molecule has 25 heavy (non-hydrogen) atoms. The number of nitrogens with zero attached hydrogens (tertiary/aromatic N) is 1. The quantitative estimate of drug-likeness (QED) is 0.366. The number of aliphatic imine (C=N–C) groups is 1. The molecule has 0 fully saturated rings. The van der Waals surface area contributed by atoms with Gasteiger partial charge in [0.2, 0.25) is 10.0 Å². The van der Waals surface area contributed by atoms with Crippen molar-refractivity contribution in [2.24, 2.45) is 4.99 Å². The molecule has 0 radical (unpaired) electrons. The molecule has 7 nitrogen and oxygen atoms in total. The molecule has 0 spiro atoms. The summed E-state index contributed by atoms with van der Waals surface area (Å²) in [5.41, 5.74) is 0.712. The Morgan fingerprint density at radius 2 is 1.84 bits per heavy atom. The summed E-state index contributed by atoms with van der Waals surface area (Å²) in [4.78, 5) is 4.55. The Morgan fingerprint density at radius 1 is 1.16 bits per heavy atom. The van der Waals surface area contributed by atoms with Crippen molar-refractivity contribution in [2.45, 2.75) is 39.8 Å². The second kappa shape index (κ2) is 9.62. The molecule has 0 heterocycles. The highest BCUT2D eigenvalue weighted by Crippen LogP contribution is 2.23. The highest BCUT2D eigenvalue weighted by Gasteiger charge is 2.14. The zero-order valence-corrected chi connectivity index (χ0v) is 16.5. The van der Waals surface area contributed by atoms with Gasteiger partial charge >= 0.3 is 0 Å². The van der Waals surface area contributed by atoms with Crippen molar-refractivity contribution in [3.63, 3.8) is 0 Å². The Labute approximate surface area is 151 Å². The van der Waals surface area contributed by atoms with Crippen molar-refractivity contribution in [1.82, 2.24) is 15.4 Å². The summed E-state index contributed by atoms with van der Waals surface area (Å²) < 4.78 is 30.5. The molecular weight excluding hydrogens is 340 g/mol. The standard InChI is InChI=1S/C17H30N4O3S/c1-6-18-16(19-11-12-21-25(5,22)23)20-13-14-9-7-8-10-15(14)24-17(2,3)4/h7-10,21H,6,11-13H2,1-5H3,(H2,18,19,20). The van der Waals surface area contributed by atoms with Gasteiger partial charge in [-0.15, -0.1) is 0 Å². The molecule has 0 unspecified atom stereocenters. The van der Waals surface area contributed by atoms with Crippen LogP contribution in [-0.4, -0.2) is 45.9 Å². The fourth-order valence-corrected chi connectivity index (χ4v) is 2.46. The fourth-order valence-electron chi connectivity index (χ4n) is 1.99. The topological polar surface area (TPSA) is 91.8 Å². The first kappa shape index (κ1) is 21.2. The Morgan fingerprint density at radius 3 is 2.44 bits per heavy atom. The van der Waals surface area contributed by atoms with Crippen LogP contribution in [0.5, 0.6) is 5.75 Å². The van der Waals surface area contributed by atoms with Gasteiger partial charge in [-0.1, -0.05) is 18.2 Å². The second-order valence-corrected chi connectivity index (χ2v) is 8.44. The van der Waals surface area contributed by atoms with Crippen molar-refractivity contribution in [1.29, 1.82) is 0 Å². The lowest BCUT2D eigenvalue weighted by Gasteiger charge is -2.23. The van der Waals surface area contributed by atoms with E-state index in [1.807, 2.05) is 52.0 Å². The van der Waals surface area contributed by atoms with Gasteiger partial charge in [0.25, 0.3) is 0 Å². The van der Waals surface area contributed by atoms with Crippen molar-refractivity contribution < 1.29 is 13.2 Å². The first-order chi connectivity index (χ1) is 11.6. The summed E-state index contributed by atoms with van der Waals surface area (Å²) in [5, 5.41) is 6.24. The number of sulfonamides is 1. The van der Waals surface area contributed by atoms with Gasteiger partial charge in [-0.05, 0) is 33.8 Å². The van der Waals surface area contributed by atoms with Crippen LogP contribution in [0.2, 0.25) is 0 Å². The van der Waals surface area contributed by atoms with Crippen LogP contribution in [0.25, 0.3) is 0 Å². The van der Waals surface area contributed by atoms with Crippen molar-refractivity contribution >= 4 is 16.0 Å². The van der Waals surface area contributed by atoms with E-state index in [0.29, 0.717) is 32.1 Å². The van der Waals surface area contributed by atoms with Gasteiger partial charge in [0.15, 0.2) is 5.96 Å². The van der Waals surface area contributed by atoms with Crippen LogP contribution in [-0.2, 0) is 16.6 Å². The monoisotopic (exact) mass is 370 g/mol. The number of hydrogen-bond acceptors (Lipinski definition) is 4. The highest BCUT2D eigenvalue weighted by atomic mass is 32.2. The third-order valence-corrected chi connectivity index (χ3v) is 3.65. The smallest absolute Gasteiger partial charge is 0.208 e. The molecule has 0 saturated heterocycles. The van der Waals surface area contributed by atoms with Gasteiger partial charge in [-0.2, -0.15) is 0 Å². The fraction of sp³-hybridized carbons (Fsp3) is 0.588. The van der Waals surface area contributed by atoms with Gasteiger partial charge in [0, 0.05) is 25.2 Å². The molecule has 0 aliphatic heterocycles. The van der Waals surface area contributed by atoms with E-state index in [1.54, 1.807) is 0 Å². The van der Waals surface area contributed by atoms with E-state index in [0.717, 1.165) is 17.6 Å². The molecule has 3 N–H and O–H groups in total. The number of rotatable bonds is 8. The van der Waals surface area contributed by atoms with E-state index in [1.165, 1.54) is 0 Å². The minimum absolute atomic E-state index is 0.278. The normalized spacial score (nSPS) is 12.8. The molecule has 0 aliphatic carbocycles. The van der Waals surface area contributed by atoms with Gasteiger partial charge in [-0.3, -0.25) is 0 Å². The molecule has 0 amide bonds. The SMILES string of the molecule is CCNC(=NCc1ccccc1OC(C)(C)C)NCCNS(C)(=O)=O. The average Bonchev–Trinajstić information content (AvgIpc) is 2.47. The van der Waals surface area contributed by atoms with Crippen molar-refractivity contribution in [2.75, 3.05) is 25.9 Å². The van der Waals surface area contributed by atoms with Gasteiger partial charge in [0.05, 0.1) is 12.8 Å². The maximum Gasteiger partial charge on any atom is 0.208 e. The molecular formula is C17H30N4O3S. The lowest BCUT2D eigenvalue weighted by atomic mass is 10.1. The van der Waals surface area contributed by atoms with Crippen LogP contribution in [0.3, 0.4) is 0 Å². The third kappa shape index (κ3) is 9.93. The van der Waals surface area contributed by atoms with Crippen LogP contribution in [0, 0.1) is 0 Å². The molecule has 0 atom stereocenters. The summed E-state index contributed by atoms with van der Waals surface area (Å²) in [5.74, 6) is 1.44. The Bertz CT molecular complexity index is 667. The molecule has 0 aromatic heterocycles. The zero-order valence-electron chi connectivity index (χ0n) is 15.7. The van der Waals surface area contributed by atoms with Crippen molar-refractivity contribution in [3.05, 3.63) is 29.8 Å². The lowest BCUT2D eigenvalue weighted by Crippen LogP contribution is -2.41. The predicted molar refractivity (Wildman–Crippen MR) is 102 cm³/mol. The first-order valence-corrected chi connectivity index (χ1v) is 10.2. The number of guanidine groups is 1. The first-order valence-electron chi connectivity index (χ1n) is 8.34. The molecule has 1 aromatic carbocycles. The molecule has 0 aliphatic rings. The molecule has 142 valence electrons. The van der Waals surface area contributed by atoms with Crippen LogP contribution in [0.15, 0.2) is 29.3 Å². The zero-order chi connectivity index (χ0) is 18.9. The molecule has 8 heteroatoms. The van der Waals surface area contributed by atoms with E-state index >= 15 is 0 Å². The maximum atomic E-state index is 11.1. The van der Waals surface area contributed by atoms with E-state index in [-0.39, 0.29) is 5.60 Å².